The summed E-state index contributed by atoms with van der Waals surface area (Å²) < 4.78 is 27.3. The number of carbonyl (C=O) groups excluding carboxylic acids is 1. The van der Waals surface area contributed by atoms with Gasteiger partial charge in [-0.05, 0) is 48.6 Å². The van der Waals surface area contributed by atoms with Gasteiger partial charge in [-0.25, -0.2) is 23.1 Å². The highest BCUT2D eigenvalue weighted by Crippen LogP contribution is 2.35. The molecule has 9 nitrogen and oxygen atoms in total. The number of carboxylic acids is 1. The lowest BCUT2D eigenvalue weighted by molar-refractivity contribution is -0.136. The summed E-state index contributed by atoms with van der Waals surface area (Å²) >= 11 is 1.34. The molecule has 1 aromatic carbocycles. The van der Waals surface area contributed by atoms with Gasteiger partial charge in [0.1, 0.15) is 10.3 Å². The highest BCUT2D eigenvalue weighted by atomic mass is 32.2. The number of amides is 1. The molecule has 0 saturated heterocycles. The van der Waals surface area contributed by atoms with Crippen molar-refractivity contribution in [3.8, 4) is 0 Å². The Labute approximate surface area is 214 Å². The number of aromatic nitrogens is 2. The van der Waals surface area contributed by atoms with Gasteiger partial charge in [0.2, 0.25) is 15.9 Å². The maximum atomic E-state index is 13.4. The molecule has 1 aliphatic rings. The number of anilines is 1. The highest BCUT2D eigenvalue weighted by Gasteiger charge is 2.28. The molecule has 192 valence electrons. The average Bonchev–Trinajstić information content (AvgIpc) is 3.51. The Kier molecular flexibility index (Phi) is 8.32. The van der Waals surface area contributed by atoms with E-state index in [1.54, 1.807) is 12.1 Å². The zero-order valence-corrected chi connectivity index (χ0v) is 21.7. The molecule has 0 bridgehead atoms. The van der Waals surface area contributed by atoms with Gasteiger partial charge >= 0.3 is 5.97 Å². The molecule has 1 aliphatic carbocycles. The van der Waals surface area contributed by atoms with Gasteiger partial charge in [0.15, 0.2) is 5.13 Å². The van der Waals surface area contributed by atoms with E-state index in [9.17, 15) is 18.0 Å². The minimum absolute atomic E-state index is 0.0284. The number of pyridine rings is 1. The van der Waals surface area contributed by atoms with Gasteiger partial charge in [-0.15, -0.1) is 0 Å². The molecule has 1 atom stereocenters. The first-order valence-electron chi connectivity index (χ1n) is 12.1. The topological polar surface area (TPSA) is 138 Å². The Hall–Kier alpha value is -2.89. The van der Waals surface area contributed by atoms with Crippen LogP contribution < -0.4 is 10.0 Å². The Morgan fingerprint density at radius 2 is 1.83 bits per heavy atom. The highest BCUT2D eigenvalue weighted by molar-refractivity contribution is 7.89. The number of fused-ring (bicyclic) bond motifs is 1. The molecule has 1 amide bonds. The summed E-state index contributed by atoms with van der Waals surface area (Å²) in [5.41, 5.74) is 2.44. The van der Waals surface area contributed by atoms with Crippen LogP contribution in [0.1, 0.15) is 62.6 Å². The number of carbonyl (C=O) groups is 2. The van der Waals surface area contributed by atoms with Crippen molar-refractivity contribution in [1.82, 2.24) is 14.7 Å². The summed E-state index contributed by atoms with van der Waals surface area (Å²) in [4.78, 5) is 34.0. The number of benzene rings is 1. The van der Waals surface area contributed by atoms with Gasteiger partial charge in [-0.3, -0.25) is 9.59 Å². The van der Waals surface area contributed by atoms with E-state index in [1.807, 2.05) is 19.1 Å². The van der Waals surface area contributed by atoms with Crippen LogP contribution in [0.25, 0.3) is 10.3 Å². The number of hydrogen-bond acceptors (Lipinski definition) is 7. The molecule has 4 rings (SSSR count). The molecule has 1 saturated carbocycles. The Bertz CT molecular complexity index is 1330. The fraction of sp³-hybridized carbons (Fsp3) is 0.440. The number of aryl methyl sites for hydroxylation is 1. The van der Waals surface area contributed by atoms with Gasteiger partial charge in [-0.2, -0.15) is 0 Å². The van der Waals surface area contributed by atoms with Gasteiger partial charge in [0, 0.05) is 12.2 Å². The average molecular weight is 531 g/mol. The first-order valence-corrected chi connectivity index (χ1v) is 14.4. The van der Waals surface area contributed by atoms with Crippen molar-refractivity contribution in [3.05, 3.63) is 47.7 Å². The van der Waals surface area contributed by atoms with Crippen LogP contribution in [0.15, 0.2) is 41.3 Å². The van der Waals surface area contributed by atoms with Gasteiger partial charge in [0.05, 0.1) is 17.2 Å². The fourth-order valence-electron chi connectivity index (χ4n) is 4.53. The lowest BCUT2D eigenvalue weighted by Gasteiger charge is -2.20. The van der Waals surface area contributed by atoms with Crippen LogP contribution in [0.2, 0.25) is 0 Å². The van der Waals surface area contributed by atoms with E-state index in [1.165, 1.54) is 23.5 Å². The van der Waals surface area contributed by atoms with Crippen molar-refractivity contribution in [2.45, 2.75) is 62.7 Å². The van der Waals surface area contributed by atoms with Crippen LogP contribution in [0, 0.1) is 5.92 Å². The third kappa shape index (κ3) is 6.45. The van der Waals surface area contributed by atoms with Crippen molar-refractivity contribution in [1.29, 1.82) is 0 Å². The number of rotatable bonds is 11. The smallest absolute Gasteiger partial charge is 0.304 e. The normalized spacial score (nSPS) is 15.2. The Morgan fingerprint density at radius 1 is 1.11 bits per heavy atom. The second-order valence-corrected chi connectivity index (χ2v) is 11.8. The molecule has 36 heavy (non-hydrogen) atoms. The van der Waals surface area contributed by atoms with E-state index >= 15 is 0 Å². The molecule has 2 heterocycles. The van der Waals surface area contributed by atoms with E-state index in [2.05, 4.69) is 20.0 Å². The predicted molar refractivity (Wildman–Crippen MR) is 139 cm³/mol. The van der Waals surface area contributed by atoms with Crippen LogP contribution in [0.4, 0.5) is 5.13 Å². The molecular weight excluding hydrogens is 500 g/mol. The van der Waals surface area contributed by atoms with E-state index in [-0.39, 0.29) is 23.8 Å². The van der Waals surface area contributed by atoms with Crippen molar-refractivity contribution in [3.63, 3.8) is 0 Å². The molecular formula is C25H30N4O5S2. The molecule has 0 aliphatic heterocycles. The molecule has 3 aromatic rings. The summed E-state index contributed by atoms with van der Waals surface area (Å²) in [6.45, 7) is 1.84. The van der Waals surface area contributed by atoms with Gasteiger partial charge in [0.25, 0.3) is 0 Å². The maximum absolute atomic E-state index is 13.4. The SMILES string of the molecule is CCc1ccc2nc(NC(=O)C(CC3CCCC3)c3ccc(S(=O)(=O)NCCC(=O)O)cc3)sc2n1. The third-order valence-electron chi connectivity index (χ3n) is 6.49. The molecule has 1 unspecified atom stereocenters. The number of aliphatic carboxylic acids is 1. The maximum Gasteiger partial charge on any atom is 0.304 e. The minimum atomic E-state index is -3.84. The summed E-state index contributed by atoms with van der Waals surface area (Å²) in [7, 11) is -3.84. The van der Waals surface area contributed by atoms with Crippen molar-refractivity contribution >= 4 is 48.7 Å². The molecule has 11 heteroatoms. The van der Waals surface area contributed by atoms with E-state index in [4.69, 9.17) is 5.11 Å². The van der Waals surface area contributed by atoms with E-state index in [0.717, 1.165) is 53.7 Å². The number of sulfonamides is 1. The Balaban J connectivity index is 1.53. The first-order chi connectivity index (χ1) is 17.2. The third-order valence-corrected chi connectivity index (χ3v) is 8.85. The van der Waals surface area contributed by atoms with Crippen LogP contribution >= 0.6 is 11.3 Å². The lowest BCUT2D eigenvalue weighted by Crippen LogP contribution is -2.26. The van der Waals surface area contributed by atoms with E-state index < -0.39 is 21.9 Å². The quantitative estimate of drug-likeness (QED) is 0.336. The predicted octanol–water partition coefficient (Wildman–Crippen LogP) is 4.31. The summed E-state index contributed by atoms with van der Waals surface area (Å²) in [6.07, 6.45) is 5.66. The Morgan fingerprint density at radius 3 is 2.50 bits per heavy atom. The van der Waals surface area contributed by atoms with Crippen LogP contribution in [0.3, 0.4) is 0 Å². The van der Waals surface area contributed by atoms with Crippen LogP contribution in [-0.4, -0.2) is 41.9 Å². The van der Waals surface area contributed by atoms with E-state index in [0.29, 0.717) is 17.5 Å². The number of hydrogen-bond donors (Lipinski definition) is 3. The molecule has 0 spiro atoms. The van der Waals surface area contributed by atoms with Crippen molar-refractivity contribution in [2.75, 3.05) is 11.9 Å². The number of thiazole rings is 1. The van der Waals surface area contributed by atoms with Crippen LogP contribution in [-0.2, 0) is 26.0 Å². The molecule has 3 N–H and O–H groups in total. The van der Waals surface area contributed by atoms with Gasteiger partial charge in [-0.1, -0.05) is 56.1 Å². The first kappa shape index (κ1) is 26.2. The summed E-state index contributed by atoms with van der Waals surface area (Å²) in [5.74, 6) is -1.27. The second kappa shape index (κ2) is 11.4. The monoisotopic (exact) mass is 530 g/mol. The largest absolute Gasteiger partial charge is 0.481 e. The fourth-order valence-corrected chi connectivity index (χ4v) is 6.42. The van der Waals surface area contributed by atoms with Crippen molar-refractivity contribution < 1.29 is 23.1 Å². The standard InChI is InChI=1S/C25H30N4O5S2/c1-2-18-9-12-21-24(27-18)35-25(28-21)29-23(32)20(15-16-5-3-4-6-16)17-7-10-19(11-8-17)36(33,34)26-14-13-22(30)31/h7-12,16,20,26H,2-6,13-15H2,1H3,(H,30,31)(H,28,29,32). The lowest BCUT2D eigenvalue weighted by atomic mass is 9.87. The number of carboxylic acid groups (broad SMARTS) is 1. The molecule has 1 fully saturated rings. The summed E-state index contributed by atoms with van der Waals surface area (Å²) in [5, 5.41) is 12.2. The second-order valence-electron chi connectivity index (χ2n) is 9.04. The van der Waals surface area contributed by atoms with Crippen molar-refractivity contribution in [2.24, 2.45) is 5.92 Å². The van der Waals surface area contributed by atoms with Crippen LogP contribution in [0.5, 0.6) is 0 Å². The zero-order chi connectivity index (χ0) is 25.7. The number of nitrogens with one attached hydrogen (secondary N) is 2. The minimum Gasteiger partial charge on any atom is -0.481 e. The summed E-state index contributed by atoms with van der Waals surface area (Å²) in [6, 6.07) is 10.1. The zero-order valence-electron chi connectivity index (χ0n) is 20.1. The van der Waals surface area contributed by atoms with Gasteiger partial charge < -0.3 is 10.4 Å². The number of nitrogens with zero attached hydrogens (tertiary/aromatic N) is 2. The molecule has 0 radical (unpaired) electrons. The molecule has 2 aromatic heterocycles.